The van der Waals surface area contributed by atoms with Crippen molar-refractivity contribution in [1.82, 2.24) is 5.32 Å². The van der Waals surface area contributed by atoms with Crippen molar-refractivity contribution in [3.63, 3.8) is 0 Å². The van der Waals surface area contributed by atoms with Crippen LogP contribution in [0.4, 0.5) is 0 Å². The molecule has 0 fully saturated rings. The van der Waals surface area contributed by atoms with Gasteiger partial charge in [-0.25, -0.2) is 0 Å². The summed E-state index contributed by atoms with van der Waals surface area (Å²) < 4.78 is 0. The van der Waals surface area contributed by atoms with Gasteiger partial charge >= 0.3 is 0 Å². The largest absolute Gasteiger partial charge is 0.316 e. The molecule has 1 nitrogen and oxygen atoms in total. The normalized spacial score (nSPS) is 11.4. The van der Waals surface area contributed by atoms with Crippen molar-refractivity contribution in [1.29, 1.82) is 0 Å². The Labute approximate surface area is 109 Å². The van der Waals surface area contributed by atoms with E-state index in [1.54, 1.807) is 0 Å². The van der Waals surface area contributed by atoms with Crippen LogP contribution in [-0.2, 0) is 0 Å². The third-order valence-electron chi connectivity index (χ3n) is 3.21. The molecule has 0 aromatic carbocycles. The van der Waals surface area contributed by atoms with Crippen LogP contribution in [0.1, 0.15) is 77.6 Å². The van der Waals surface area contributed by atoms with Crippen molar-refractivity contribution in [3.8, 4) is 0 Å². The Hall–Kier alpha value is -0.300. The first-order chi connectivity index (χ1) is 8.41. The summed E-state index contributed by atoms with van der Waals surface area (Å²) in [4.78, 5) is 0. The highest BCUT2D eigenvalue weighted by Crippen LogP contribution is 2.11. The van der Waals surface area contributed by atoms with Crippen molar-refractivity contribution in [2.45, 2.75) is 77.6 Å². The number of nitrogens with one attached hydrogen (secondary N) is 1. The first kappa shape index (κ1) is 16.7. The van der Waals surface area contributed by atoms with Gasteiger partial charge in [-0.05, 0) is 19.9 Å². The van der Waals surface area contributed by atoms with E-state index < -0.39 is 0 Å². The summed E-state index contributed by atoms with van der Waals surface area (Å²) in [6.07, 6.45) is 20.1. The maximum Gasteiger partial charge on any atom is 0.0131 e. The van der Waals surface area contributed by atoms with Crippen LogP contribution in [0.2, 0.25) is 0 Å². The van der Waals surface area contributed by atoms with Gasteiger partial charge in [-0.2, -0.15) is 0 Å². The molecule has 102 valence electrons. The molecule has 0 bridgehead atoms. The molecule has 0 spiro atoms. The second-order valence-electron chi connectivity index (χ2n) is 5.00. The van der Waals surface area contributed by atoms with Crippen molar-refractivity contribution in [3.05, 3.63) is 12.2 Å². The number of likely N-dealkylation sites (N-methyl/N-ethyl adjacent to an activating group) is 1. The molecule has 17 heavy (non-hydrogen) atoms. The highest BCUT2D eigenvalue weighted by atomic mass is 14.8. The van der Waals surface area contributed by atoms with Gasteiger partial charge in [-0.1, -0.05) is 76.9 Å². The van der Waals surface area contributed by atoms with Gasteiger partial charge < -0.3 is 5.32 Å². The van der Waals surface area contributed by atoms with E-state index in [9.17, 15) is 0 Å². The van der Waals surface area contributed by atoms with E-state index in [1.165, 1.54) is 70.6 Å². The van der Waals surface area contributed by atoms with Crippen LogP contribution in [0.15, 0.2) is 12.2 Å². The molecule has 1 N–H and O–H groups in total. The second kappa shape index (κ2) is 15.7. The summed E-state index contributed by atoms with van der Waals surface area (Å²) >= 11 is 0. The zero-order valence-electron chi connectivity index (χ0n) is 12.1. The van der Waals surface area contributed by atoms with Gasteiger partial charge in [0.05, 0.1) is 0 Å². The lowest BCUT2D eigenvalue weighted by molar-refractivity contribution is 0.557. The van der Waals surface area contributed by atoms with E-state index in [4.69, 9.17) is 0 Å². The second-order valence-corrected chi connectivity index (χ2v) is 5.00. The Bertz CT molecular complexity index is 152. The van der Waals surface area contributed by atoms with Crippen LogP contribution in [-0.4, -0.2) is 13.6 Å². The van der Waals surface area contributed by atoms with Crippen LogP contribution in [0.5, 0.6) is 0 Å². The Morgan fingerprint density at radius 3 is 1.76 bits per heavy atom. The average Bonchev–Trinajstić information content (AvgIpc) is 2.35. The van der Waals surface area contributed by atoms with E-state index in [1.807, 2.05) is 7.05 Å². The summed E-state index contributed by atoms with van der Waals surface area (Å²) in [5.41, 5.74) is 0. The van der Waals surface area contributed by atoms with Crippen LogP contribution >= 0.6 is 0 Å². The van der Waals surface area contributed by atoms with Crippen molar-refractivity contribution >= 4 is 0 Å². The summed E-state index contributed by atoms with van der Waals surface area (Å²) in [7, 11) is 1.99. The molecule has 1 heteroatoms. The topological polar surface area (TPSA) is 12.0 Å². The maximum atomic E-state index is 3.12. The maximum absolute atomic E-state index is 3.12. The lowest BCUT2D eigenvalue weighted by Crippen LogP contribution is -2.03. The fourth-order valence-corrected chi connectivity index (χ4v) is 2.07. The van der Waals surface area contributed by atoms with E-state index in [0.29, 0.717) is 0 Å². The van der Waals surface area contributed by atoms with Gasteiger partial charge in [0, 0.05) is 6.54 Å². The molecule has 0 unspecified atom stereocenters. The number of rotatable bonds is 13. The molecule has 0 amide bonds. The SMILES string of the molecule is CCCCCCCCCCCCC=CCNC. The van der Waals surface area contributed by atoms with Gasteiger partial charge in [0.15, 0.2) is 0 Å². The molecule has 0 aliphatic rings. The van der Waals surface area contributed by atoms with Gasteiger partial charge in [0.2, 0.25) is 0 Å². The standard InChI is InChI=1S/C16H33N/c1-3-4-5-6-7-8-9-10-11-12-13-14-15-16-17-2/h14-15,17H,3-13,16H2,1-2H3. The summed E-state index contributed by atoms with van der Waals surface area (Å²) in [6.45, 7) is 3.29. The minimum Gasteiger partial charge on any atom is -0.316 e. The summed E-state index contributed by atoms with van der Waals surface area (Å²) in [5, 5.41) is 3.12. The van der Waals surface area contributed by atoms with Gasteiger partial charge in [0.25, 0.3) is 0 Å². The zero-order valence-corrected chi connectivity index (χ0v) is 12.1. The third-order valence-corrected chi connectivity index (χ3v) is 3.21. The lowest BCUT2D eigenvalue weighted by atomic mass is 10.1. The Morgan fingerprint density at radius 2 is 1.24 bits per heavy atom. The minimum absolute atomic E-state index is 1.01. The van der Waals surface area contributed by atoms with Crippen LogP contribution in [0.25, 0.3) is 0 Å². The van der Waals surface area contributed by atoms with E-state index in [-0.39, 0.29) is 0 Å². The summed E-state index contributed by atoms with van der Waals surface area (Å²) in [6, 6.07) is 0. The minimum atomic E-state index is 1.01. The monoisotopic (exact) mass is 239 g/mol. The number of hydrogen-bond acceptors (Lipinski definition) is 1. The fourth-order valence-electron chi connectivity index (χ4n) is 2.07. The first-order valence-electron chi connectivity index (χ1n) is 7.71. The lowest BCUT2D eigenvalue weighted by Gasteiger charge is -2.01. The Morgan fingerprint density at radius 1 is 0.706 bits per heavy atom. The molecule has 0 aliphatic carbocycles. The smallest absolute Gasteiger partial charge is 0.0131 e. The van der Waals surface area contributed by atoms with Crippen LogP contribution in [0.3, 0.4) is 0 Å². The molecule has 0 aliphatic heterocycles. The van der Waals surface area contributed by atoms with Crippen LogP contribution < -0.4 is 5.32 Å². The Kier molecular flexibility index (Phi) is 15.4. The predicted octanol–water partition coefficient (Wildman–Crippen LogP) is 5.07. The first-order valence-corrected chi connectivity index (χ1v) is 7.71. The average molecular weight is 239 g/mol. The van der Waals surface area contributed by atoms with Gasteiger partial charge in [-0.3, -0.25) is 0 Å². The van der Waals surface area contributed by atoms with E-state index in [0.717, 1.165) is 6.54 Å². The quantitative estimate of drug-likeness (QED) is 0.349. The van der Waals surface area contributed by atoms with Crippen LogP contribution in [0, 0.1) is 0 Å². The molecular formula is C16H33N. The predicted molar refractivity (Wildman–Crippen MR) is 79.5 cm³/mol. The third kappa shape index (κ3) is 15.7. The molecule has 0 saturated carbocycles. The molecular weight excluding hydrogens is 206 g/mol. The van der Waals surface area contributed by atoms with Crippen molar-refractivity contribution in [2.24, 2.45) is 0 Å². The number of unbranched alkanes of at least 4 members (excludes halogenated alkanes) is 10. The highest BCUT2D eigenvalue weighted by Gasteiger charge is 1.91. The number of allylic oxidation sites excluding steroid dienone is 1. The molecule has 0 aromatic heterocycles. The summed E-state index contributed by atoms with van der Waals surface area (Å²) in [5.74, 6) is 0. The Balaban J connectivity index is 2.94. The molecule has 0 saturated heterocycles. The van der Waals surface area contributed by atoms with Gasteiger partial charge in [-0.15, -0.1) is 0 Å². The fraction of sp³-hybridized carbons (Fsp3) is 0.875. The van der Waals surface area contributed by atoms with E-state index in [2.05, 4.69) is 24.4 Å². The highest BCUT2D eigenvalue weighted by molar-refractivity contribution is 4.82. The van der Waals surface area contributed by atoms with Gasteiger partial charge in [0.1, 0.15) is 0 Å². The molecule has 0 heterocycles. The molecule has 0 atom stereocenters. The molecule has 0 aromatic rings. The molecule has 0 rings (SSSR count). The number of hydrogen-bond donors (Lipinski definition) is 1. The zero-order chi connectivity index (χ0) is 12.6. The van der Waals surface area contributed by atoms with Crippen molar-refractivity contribution in [2.75, 3.05) is 13.6 Å². The molecule has 0 radical (unpaired) electrons. The van der Waals surface area contributed by atoms with E-state index >= 15 is 0 Å². The van der Waals surface area contributed by atoms with Crippen molar-refractivity contribution < 1.29 is 0 Å².